The average molecular weight is 385 g/mol. The number of hydrogen-bond donors (Lipinski definition) is 1. The van der Waals surface area contributed by atoms with Gasteiger partial charge in [-0.1, -0.05) is 19.6 Å². The minimum Gasteiger partial charge on any atom is -0.458 e. The lowest BCUT2D eigenvalue weighted by atomic mass is 10.1. The largest absolute Gasteiger partial charge is 0.458 e. The molecule has 0 aliphatic carbocycles. The highest BCUT2D eigenvalue weighted by atomic mass is 28.3. The zero-order valence-corrected chi connectivity index (χ0v) is 17.8. The van der Waals surface area contributed by atoms with Crippen molar-refractivity contribution in [1.29, 1.82) is 0 Å². The van der Waals surface area contributed by atoms with E-state index >= 15 is 0 Å². The molecule has 0 bridgehead atoms. The second-order valence-corrected chi connectivity index (χ2v) is 15.0. The number of carbonyl (C=O) groups excluding carboxylic acids is 3. The molecule has 2 rings (SSSR count). The van der Waals surface area contributed by atoms with E-state index in [0.717, 1.165) is 6.04 Å². The number of ether oxygens (including phenoxy) is 2. The molecule has 2 saturated heterocycles. The highest BCUT2D eigenvalue weighted by Crippen LogP contribution is 2.35. The van der Waals surface area contributed by atoms with Crippen LogP contribution in [0.15, 0.2) is 0 Å². The summed E-state index contributed by atoms with van der Waals surface area (Å²) in [4.78, 5) is 38.4. The molecule has 2 heterocycles. The van der Waals surface area contributed by atoms with Crippen LogP contribution in [0.4, 0.5) is 4.79 Å². The molecule has 2 fully saturated rings. The summed E-state index contributed by atoms with van der Waals surface area (Å²) in [5.41, 5.74) is -0.588. The molecule has 7 nitrogen and oxygen atoms in total. The lowest BCUT2D eigenvalue weighted by Crippen LogP contribution is -2.47. The molecule has 0 saturated carbocycles. The number of nitrogens with zero attached hydrogens (tertiary/aromatic N) is 1. The fraction of sp³-hybridized carbons (Fsp3) is 0.833. The zero-order valence-electron chi connectivity index (χ0n) is 16.8. The molecule has 8 heteroatoms. The molecule has 1 unspecified atom stereocenters. The predicted octanol–water partition coefficient (Wildman–Crippen LogP) is 2.52. The molecule has 0 aromatic carbocycles. The van der Waals surface area contributed by atoms with Gasteiger partial charge in [0.05, 0.1) is 18.7 Å². The molecule has 2 amide bonds. The smallest absolute Gasteiger partial charge is 0.407 e. The number of nitrogens with one attached hydrogen (secondary N) is 1. The summed E-state index contributed by atoms with van der Waals surface area (Å²) < 4.78 is 10.7. The van der Waals surface area contributed by atoms with Gasteiger partial charge in [0.1, 0.15) is 11.6 Å². The molecular formula is C18H32N2O5Si. The maximum absolute atomic E-state index is 12.4. The van der Waals surface area contributed by atoms with E-state index in [4.69, 9.17) is 9.47 Å². The predicted molar refractivity (Wildman–Crippen MR) is 101 cm³/mol. The molecule has 0 aromatic heterocycles. The number of alkyl carbamates (subject to hydrolysis) is 1. The summed E-state index contributed by atoms with van der Waals surface area (Å²) in [6, 6.07) is -0.124. The SMILES string of the molecule is CC(C)(C)OC(=O)[C@@H]1CC[C@H]2C(NC(=O)OCC[Si](C)(C)C)CC(=O)N12. The van der Waals surface area contributed by atoms with Crippen LogP contribution >= 0.6 is 0 Å². The summed E-state index contributed by atoms with van der Waals surface area (Å²) in [6.45, 7) is 12.5. The molecular weight excluding hydrogens is 352 g/mol. The lowest BCUT2D eigenvalue weighted by molar-refractivity contribution is -0.163. The second-order valence-electron chi connectivity index (χ2n) is 9.40. The van der Waals surface area contributed by atoms with Crippen molar-refractivity contribution in [2.45, 2.75) is 89.4 Å². The Bertz CT molecular complexity index is 567. The second kappa shape index (κ2) is 7.58. The van der Waals surface area contributed by atoms with Crippen molar-refractivity contribution in [3.8, 4) is 0 Å². The highest BCUT2D eigenvalue weighted by molar-refractivity contribution is 6.76. The Labute approximate surface area is 156 Å². The van der Waals surface area contributed by atoms with Crippen molar-refractivity contribution in [3.05, 3.63) is 0 Å². The summed E-state index contributed by atoms with van der Waals surface area (Å²) in [6.07, 6.45) is 0.958. The number of amides is 2. The third-order valence-electron chi connectivity index (χ3n) is 4.64. The van der Waals surface area contributed by atoms with E-state index in [0.29, 0.717) is 19.4 Å². The van der Waals surface area contributed by atoms with Gasteiger partial charge in [-0.3, -0.25) is 4.79 Å². The third-order valence-corrected chi connectivity index (χ3v) is 6.35. The van der Waals surface area contributed by atoms with Crippen molar-refractivity contribution in [2.75, 3.05) is 6.61 Å². The standard InChI is InChI=1S/C18H32N2O5Si/c1-18(2,3)25-16(22)14-8-7-13-12(11-15(21)20(13)14)19-17(23)24-9-10-26(4,5)6/h12-14H,7-11H2,1-6H3,(H,19,23)/t12?,13-,14-/m0/s1. The van der Waals surface area contributed by atoms with Gasteiger partial charge in [-0.2, -0.15) is 0 Å². The lowest BCUT2D eigenvalue weighted by Gasteiger charge is -2.28. The summed E-state index contributed by atoms with van der Waals surface area (Å²) in [7, 11) is -1.26. The maximum atomic E-state index is 12.4. The Morgan fingerprint density at radius 2 is 1.88 bits per heavy atom. The Hall–Kier alpha value is -1.57. The molecule has 0 radical (unpaired) electrons. The van der Waals surface area contributed by atoms with E-state index in [1.165, 1.54) is 0 Å². The monoisotopic (exact) mass is 384 g/mol. The van der Waals surface area contributed by atoms with E-state index in [1.54, 1.807) is 4.90 Å². The van der Waals surface area contributed by atoms with Crippen LogP contribution in [0.3, 0.4) is 0 Å². The van der Waals surface area contributed by atoms with Crippen molar-refractivity contribution >= 4 is 26.0 Å². The summed E-state index contributed by atoms with van der Waals surface area (Å²) in [5, 5.41) is 2.81. The van der Waals surface area contributed by atoms with Crippen LogP contribution in [-0.4, -0.2) is 61.3 Å². The van der Waals surface area contributed by atoms with Crippen molar-refractivity contribution < 1.29 is 23.9 Å². The number of hydrogen-bond acceptors (Lipinski definition) is 5. The molecule has 0 aromatic rings. The maximum Gasteiger partial charge on any atom is 0.407 e. The first-order valence-corrected chi connectivity index (χ1v) is 13.1. The Morgan fingerprint density at radius 3 is 2.46 bits per heavy atom. The number of esters is 1. The molecule has 1 N–H and O–H groups in total. The zero-order chi connectivity index (χ0) is 19.7. The van der Waals surface area contributed by atoms with Crippen molar-refractivity contribution in [3.63, 3.8) is 0 Å². The molecule has 26 heavy (non-hydrogen) atoms. The van der Waals surface area contributed by atoms with Gasteiger partial charge in [-0.25, -0.2) is 9.59 Å². The molecule has 0 spiro atoms. The number of fused-ring (bicyclic) bond motifs is 1. The first-order chi connectivity index (χ1) is 11.9. The van der Waals surface area contributed by atoms with Crippen molar-refractivity contribution in [2.24, 2.45) is 0 Å². The Morgan fingerprint density at radius 1 is 1.23 bits per heavy atom. The minimum atomic E-state index is -1.26. The van der Waals surface area contributed by atoms with Gasteiger partial charge >= 0.3 is 12.1 Å². The van der Waals surface area contributed by atoms with Gasteiger partial charge < -0.3 is 19.7 Å². The Kier molecular flexibility index (Phi) is 6.05. The van der Waals surface area contributed by atoms with Gasteiger partial charge in [0.15, 0.2) is 0 Å². The van der Waals surface area contributed by atoms with E-state index in [2.05, 4.69) is 25.0 Å². The van der Waals surface area contributed by atoms with E-state index in [9.17, 15) is 14.4 Å². The van der Waals surface area contributed by atoms with Crippen LogP contribution < -0.4 is 5.32 Å². The van der Waals surface area contributed by atoms with Gasteiger partial charge in [-0.15, -0.1) is 0 Å². The normalized spacial score (nSPS) is 25.8. The van der Waals surface area contributed by atoms with Crippen LogP contribution in [0.5, 0.6) is 0 Å². The van der Waals surface area contributed by atoms with Gasteiger partial charge in [-0.05, 0) is 39.7 Å². The quantitative estimate of drug-likeness (QED) is 0.581. The molecule has 2 aliphatic heterocycles. The molecule has 3 atom stereocenters. The average Bonchev–Trinajstić information content (AvgIpc) is 2.98. The summed E-state index contributed by atoms with van der Waals surface area (Å²) in [5.74, 6) is -0.484. The van der Waals surface area contributed by atoms with Crippen molar-refractivity contribution in [1.82, 2.24) is 10.2 Å². The number of carbonyl (C=O) groups is 3. The van der Waals surface area contributed by atoms with Crippen LogP contribution in [0.2, 0.25) is 25.7 Å². The molecule has 2 aliphatic rings. The van der Waals surface area contributed by atoms with E-state index < -0.39 is 25.8 Å². The number of rotatable bonds is 5. The van der Waals surface area contributed by atoms with E-state index in [-0.39, 0.29) is 30.4 Å². The van der Waals surface area contributed by atoms with Crippen LogP contribution in [0.25, 0.3) is 0 Å². The Balaban J connectivity index is 1.90. The van der Waals surface area contributed by atoms with Gasteiger partial charge in [0, 0.05) is 14.5 Å². The van der Waals surface area contributed by atoms with Crippen LogP contribution in [0, 0.1) is 0 Å². The molecule has 148 valence electrons. The fourth-order valence-corrected chi connectivity index (χ4v) is 4.13. The van der Waals surface area contributed by atoms with Gasteiger partial charge in [0.25, 0.3) is 0 Å². The first kappa shape index (κ1) is 20.7. The van der Waals surface area contributed by atoms with Crippen LogP contribution in [0.1, 0.15) is 40.0 Å². The van der Waals surface area contributed by atoms with Gasteiger partial charge in [0.2, 0.25) is 5.91 Å². The highest BCUT2D eigenvalue weighted by Gasteiger charge is 2.51. The minimum absolute atomic E-state index is 0.115. The summed E-state index contributed by atoms with van der Waals surface area (Å²) >= 11 is 0. The topological polar surface area (TPSA) is 84.9 Å². The fourth-order valence-electron chi connectivity index (χ4n) is 3.41. The third kappa shape index (κ3) is 5.46. The van der Waals surface area contributed by atoms with E-state index in [1.807, 2.05) is 20.8 Å². The van der Waals surface area contributed by atoms with Crippen LogP contribution in [-0.2, 0) is 19.1 Å². The first-order valence-electron chi connectivity index (χ1n) is 9.35.